The molecule has 128 valence electrons. The minimum absolute atomic E-state index is 0.121. The molecule has 23 heavy (non-hydrogen) atoms. The normalized spacial score (nSPS) is 24.6. The first-order chi connectivity index (χ1) is 10.7. The van der Waals surface area contributed by atoms with Crippen molar-refractivity contribution in [2.24, 2.45) is 5.92 Å². The summed E-state index contributed by atoms with van der Waals surface area (Å²) in [5.41, 5.74) is -0.155. The molecular weight excluding hydrogens is 302 g/mol. The van der Waals surface area contributed by atoms with Crippen LogP contribution in [0.15, 0.2) is 23.5 Å². The van der Waals surface area contributed by atoms with Crippen molar-refractivity contribution in [1.82, 2.24) is 5.32 Å². The van der Waals surface area contributed by atoms with E-state index in [2.05, 4.69) is 5.32 Å². The van der Waals surface area contributed by atoms with Gasteiger partial charge in [0.2, 0.25) is 0 Å². The number of methoxy groups -OCH3 is 1. The number of fused-ring (bicyclic) bond motifs is 1. The monoisotopic (exact) mass is 325 g/mol. The molecule has 1 amide bonds. The fourth-order valence-electron chi connectivity index (χ4n) is 2.45. The van der Waals surface area contributed by atoms with Gasteiger partial charge in [-0.25, -0.2) is 9.59 Å². The number of carbonyl (C=O) groups excluding carboxylic acids is 2. The number of rotatable bonds is 3. The van der Waals surface area contributed by atoms with E-state index in [-0.39, 0.29) is 18.8 Å². The molecule has 3 unspecified atom stereocenters. The number of esters is 1. The zero-order valence-electron chi connectivity index (χ0n) is 14.0. The number of hydrogen-bond donors (Lipinski definition) is 1. The molecular formula is C16H23NO6. The maximum absolute atomic E-state index is 12.1. The number of ether oxygens (including phenoxy) is 4. The minimum atomic E-state index is -1.02. The molecule has 2 rings (SSSR count). The Morgan fingerprint density at radius 3 is 2.70 bits per heavy atom. The topological polar surface area (TPSA) is 83.1 Å². The summed E-state index contributed by atoms with van der Waals surface area (Å²) in [5.74, 6) is 0.0642. The summed E-state index contributed by atoms with van der Waals surface area (Å²) in [6.07, 6.45) is 2.70. The lowest BCUT2D eigenvalue weighted by molar-refractivity contribution is -0.142. The number of amides is 1. The van der Waals surface area contributed by atoms with Gasteiger partial charge in [-0.1, -0.05) is 19.1 Å². The van der Waals surface area contributed by atoms with Gasteiger partial charge in [0, 0.05) is 11.5 Å². The van der Waals surface area contributed by atoms with Gasteiger partial charge >= 0.3 is 12.1 Å². The second-order valence-corrected chi connectivity index (χ2v) is 6.49. The molecule has 0 aromatic rings. The summed E-state index contributed by atoms with van der Waals surface area (Å²) in [6, 6.07) is -1.02. The summed E-state index contributed by atoms with van der Waals surface area (Å²) < 4.78 is 21.0. The van der Waals surface area contributed by atoms with Crippen LogP contribution in [0, 0.1) is 5.92 Å². The van der Waals surface area contributed by atoms with E-state index in [1.54, 1.807) is 26.8 Å². The van der Waals surface area contributed by atoms with Gasteiger partial charge in [-0.3, -0.25) is 0 Å². The van der Waals surface area contributed by atoms with Crippen LogP contribution in [0.25, 0.3) is 0 Å². The minimum Gasteiger partial charge on any atom is -0.469 e. The lowest BCUT2D eigenvalue weighted by Gasteiger charge is -2.27. The zero-order chi connectivity index (χ0) is 17.2. The van der Waals surface area contributed by atoms with Crippen LogP contribution in [0.3, 0.4) is 0 Å². The Labute approximate surface area is 135 Å². The quantitative estimate of drug-likeness (QED) is 0.798. The van der Waals surface area contributed by atoms with Crippen molar-refractivity contribution < 1.29 is 28.5 Å². The van der Waals surface area contributed by atoms with E-state index in [1.807, 2.05) is 13.0 Å². The highest BCUT2D eigenvalue weighted by molar-refractivity contribution is 5.85. The van der Waals surface area contributed by atoms with Gasteiger partial charge in [0.1, 0.15) is 17.5 Å². The second kappa shape index (κ2) is 6.62. The van der Waals surface area contributed by atoms with E-state index >= 15 is 0 Å². The molecule has 0 saturated carbocycles. The molecule has 0 aromatic carbocycles. The Balaban J connectivity index is 2.25. The lowest BCUT2D eigenvalue weighted by atomic mass is 9.90. The van der Waals surface area contributed by atoms with E-state index in [9.17, 15) is 9.59 Å². The van der Waals surface area contributed by atoms with Crippen molar-refractivity contribution in [2.45, 2.75) is 45.4 Å². The standard InChI is InChI=1S/C16H23NO6/c1-9-6-7-10(13-12(9)21-8-22-13)11(14(18)20-5)17-15(19)23-16(2,3)4/h6-7,9,11-12H,8H2,1-5H3,(H,17,19). The largest absolute Gasteiger partial charge is 0.469 e. The summed E-state index contributed by atoms with van der Waals surface area (Å²) in [4.78, 5) is 24.2. The first-order valence-corrected chi connectivity index (χ1v) is 7.47. The number of alkyl carbamates (subject to hydrolysis) is 1. The molecule has 1 heterocycles. The molecule has 0 aromatic heterocycles. The Bertz CT molecular complexity index is 545. The number of carbonyl (C=O) groups is 2. The average molecular weight is 325 g/mol. The van der Waals surface area contributed by atoms with Crippen LogP contribution < -0.4 is 5.32 Å². The number of nitrogens with one attached hydrogen (secondary N) is 1. The summed E-state index contributed by atoms with van der Waals surface area (Å²) in [6.45, 7) is 7.34. The van der Waals surface area contributed by atoms with Gasteiger partial charge in [0.25, 0.3) is 0 Å². The molecule has 3 atom stereocenters. The van der Waals surface area contributed by atoms with Crippen LogP contribution in [-0.2, 0) is 23.7 Å². The van der Waals surface area contributed by atoms with Gasteiger partial charge in [-0.2, -0.15) is 0 Å². The fraction of sp³-hybridized carbons (Fsp3) is 0.625. The fourth-order valence-corrected chi connectivity index (χ4v) is 2.45. The van der Waals surface area contributed by atoms with Crippen molar-refractivity contribution in [1.29, 1.82) is 0 Å². The van der Waals surface area contributed by atoms with Crippen LogP contribution in [0.4, 0.5) is 4.79 Å². The van der Waals surface area contributed by atoms with Crippen LogP contribution in [0.1, 0.15) is 27.7 Å². The third-order valence-corrected chi connectivity index (χ3v) is 3.47. The third-order valence-electron chi connectivity index (χ3n) is 3.47. The highest BCUT2D eigenvalue weighted by Crippen LogP contribution is 2.33. The van der Waals surface area contributed by atoms with Gasteiger partial charge in [0.05, 0.1) is 7.11 Å². The molecule has 0 radical (unpaired) electrons. The maximum Gasteiger partial charge on any atom is 0.408 e. The molecule has 1 saturated heterocycles. The first-order valence-electron chi connectivity index (χ1n) is 7.47. The average Bonchev–Trinajstić information content (AvgIpc) is 2.93. The van der Waals surface area contributed by atoms with E-state index in [0.29, 0.717) is 11.3 Å². The van der Waals surface area contributed by atoms with Crippen LogP contribution in [0.2, 0.25) is 0 Å². The van der Waals surface area contributed by atoms with E-state index in [4.69, 9.17) is 18.9 Å². The maximum atomic E-state index is 12.1. The molecule has 1 aliphatic carbocycles. The van der Waals surface area contributed by atoms with Crippen molar-refractivity contribution in [2.75, 3.05) is 13.9 Å². The predicted octanol–water partition coefficient (Wildman–Crippen LogP) is 1.89. The van der Waals surface area contributed by atoms with Crippen LogP contribution in [0.5, 0.6) is 0 Å². The van der Waals surface area contributed by atoms with Crippen molar-refractivity contribution in [3.63, 3.8) is 0 Å². The van der Waals surface area contributed by atoms with E-state index < -0.39 is 23.7 Å². The Kier molecular flexibility index (Phi) is 4.99. The molecule has 1 aliphatic heterocycles. The third kappa shape index (κ3) is 4.04. The van der Waals surface area contributed by atoms with Gasteiger partial charge in [-0.05, 0) is 20.8 Å². The van der Waals surface area contributed by atoms with Crippen molar-refractivity contribution in [3.8, 4) is 0 Å². The molecule has 0 spiro atoms. The molecule has 7 heteroatoms. The van der Waals surface area contributed by atoms with Crippen LogP contribution in [-0.4, -0.2) is 43.7 Å². The molecule has 1 N–H and O–H groups in total. The second-order valence-electron chi connectivity index (χ2n) is 6.49. The Morgan fingerprint density at radius 1 is 1.39 bits per heavy atom. The van der Waals surface area contributed by atoms with Crippen LogP contribution >= 0.6 is 0 Å². The van der Waals surface area contributed by atoms with E-state index in [1.165, 1.54) is 7.11 Å². The SMILES string of the molecule is COC(=O)C(NC(=O)OC(C)(C)C)C1=C2OCOC2C(C)C=C1. The van der Waals surface area contributed by atoms with Gasteiger partial charge < -0.3 is 24.3 Å². The summed E-state index contributed by atoms with van der Waals surface area (Å²) in [5, 5.41) is 2.54. The highest BCUT2D eigenvalue weighted by atomic mass is 16.7. The lowest BCUT2D eigenvalue weighted by Crippen LogP contribution is -2.46. The smallest absolute Gasteiger partial charge is 0.408 e. The summed E-state index contributed by atoms with van der Waals surface area (Å²) >= 11 is 0. The molecule has 1 fully saturated rings. The molecule has 0 bridgehead atoms. The Morgan fingerprint density at radius 2 is 2.09 bits per heavy atom. The van der Waals surface area contributed by atoms with Gasteiger partial charge in [-0.15, -0.1) is 0 Å². The highest BCUT2D eigenvalue weighted by Gasteiger charge is 2.38. The predicted molar refractivity (Wildman–Crippen MR) is 81.3 cm³/mol. The van der Waals surface area contributed by atoms with E-state index in [0.717, 1.165) is 0 Å². The molecule has 7 nitrogen and oxygen atoms in total. The number of hydrogen-bond acceptors (Lipinski definition) is 6. The van der Waals surface area contributed by atoms with Gasteiger partial charge in [0.15, 0.2) is 12.8 Å². The Hall–Kier alpha value is -2.02. The summed E-state index contributed by atoms with van der Waals surface area (Å²) in [7, 11) is 1.26. The first kappa shape index (κ1) is 17.3. The van der Waals surface area contributed by atoms with Crippen molar-refractivity contribution in [3.05, 3.63) is 23.5 Å². The zero-order valence-corrected chi connectivity index (χ0v) is 14.0. The van der Waals surface area contributed by atoms with Crippen molar-refractivity contribution >= 4 is 12.1 Å². The molecule has 2 aliphatic rings.